The number of esters is 4. The van der Waals surface area contributed by atoms with E-state index in [4.69, 9.17) is 37.0 Å². The number of rotatable bonds is 75. The van der Waals surface area contributed by atoms with Crippen LogP contribution in [0.4, 0.5) is 0 Å². The smallest absolute Gasteiger partial charge is 0.462 e. The molecule has 0 aromatic rings. The molecule has 0 fully saturated rings. The number of carbonyl (C=O) groups excluding carboxylic acids is 4. The van der Waals surface area contributed by atoms with Gasteiger partial charge in [0.1, 0.15) is 19.3 Å². The molecular formula is C77H150O17P2. The van der Waals surface area contributed by atoms with Crippen molar-refractivity contribution in [2.45, 2.75) is 414 Å². The Morgan fingerprint density at radius 2 is 0.531 bits per heavy atom. The summed E-state index contributed by atoms with van der Waals surface area (Å²) in [6.07, 6.45) is 54.5. The van der Waals surface area contributed by atoms with Crippen LogP contribution in [0.15, 0.2) is 0 Å². The standard InChI is InChI=1S/C77H150O17P2/c1-8-10-11-12-13-14-15-16-17-18-19-20-21-22-23-24-25-28-32-37-46-53-60-76(81)93-72(64-87-74(79)58-51-44-36-31-29-26-27-30-34-41-48-55-68(3)4)66-91-95(83,84)89-62-71(78)63-90-96(85,86)92-67-73(94-77(82)61-54-47-38-33-35-42-49-56-69(5)6)65-88-75(80)59-52-45-40-39-43-50-57-70(7)9-2/h68-73,78H,8-67H2,1-7H3,(H,83,84)(H,85,86)/t70?,71-,72-,73-/m1/s1. The fourth-order valence-corrected chi connectivity index (χ4v) is 13.3. The minimum Gasteiger partial charge on any atom is -0.462 e. The van der Waals surface area contributed by atoms with Crippen molar-refractivity contribution >= 4 is 39.5 Å². The van der Waals surface area contributed by atoms with E-state index in [0.29, 0.717) is 31.6 Å². The molecule has 0 bridgehead atoms. The second-order valence-corrected chi connectivity index (χ2v) is 31.8. The first kappa shape index (κ1) is 94.1. The molecule has 6 atom stereocenters. The van der Waals surface area contributed by atoms with Gasteiger partial charge in [-0.25, -0.2) is 9.13 Å². The van der Waals surface area contributed by atoms with Gasteiger partial charge in [0.2, 0.25) is 0 Å². The summed E-state index contributed by atoms with van der Waals surface area (Å²) < 4.78 is 68.5. The van der Waals surface area contributed by atoms with Gasteiger partial charge in [-0.05, 0) is 43.4 Å². The number of phosphoric ester groups is 2. The van der Waals surface area contributed by atoms with Gasteiger partial charge < -0.3 is 33.8 Å². The molecule has 0 aromatic heterocycles. The minimum absolute atomic E-state index is 0.102. The third-order valence-electron chi connectivity index (χ3n) is 18.2. The van der Waals surface area contributed by atoms with Crippen molar-refractivity contribution in [2.75, 3.05) is 39.6 Å². The van der Waals surface area contributed by atoms with Crippen molar-refractivity contribution < 1.29 is 80.2 Å². The Kier molecular flexibility index (Phi) is 66.2. The monoisotopic (exact) mass is 1410 g/mol. The topological polar surface area (TPSA) is 237 Å². The van der Waals surface area contributed by atoms with Crippen molar-refractivity contribution in [3.63, 3.8) is 0 Å². The van der Waals surface area contributed by atoms with E-state index < -0.39 is 97.5 Å². The molecule has 96 heavy (non-hydrogen) atoms. The summed E-state index contributed by atoms with van der Waals surface area (Å²) in [5.41, 5.74) is 0. The number of unbranched alkanes of at least 4 members (excludes halogenated alkanes) is 42. The lowest BCUT2D eigenvalue weighted by molar-refractivity contribution is -0.161. The lowest BCUT2D eigenvalue weighted by Gasteiger charge is -2.21. The lowest BCUT2D eigenvalue weighted by atomic mass is 10.00. The highest BCUT2D eigenvalue weighted by Gasteiger charge is 2.30. The van der Waals surface area contributed by atoms with Crippen LogP contribution in [0.2, 0.25) is 0 Å². The van der Waals surface area contributed by atoms with Crippen LogP contribution in [0.5, 0.6) is 0 Å². The summed E-state index contributed by atoms with van der Waals surface area (Å²) in [5.74, 6) is 0.0749. The highest BCUT2D eigenvalue weighted by molar-refractivity contribution is 7.47. The van der Waals surface area contributed by atoms with E-state index in [-0.39, 0.29) is 25.7 Å². The Morgan fingerprint density at radius 1 is 0.302 bits per heavy atom. The van der Waals surface area contributed by atoms with Crippen LogP contribution in [0, 0.1) is 17.8 Å². The van der Waals surface area contributed by atoms with E-state index in [2.05, 4.69) is 48.5 Å². The van der Waals surface area contributed by atoms with E-state index in [1.807, 2.05) is 0 Å². The van der Waals surface area contributed by atoms with E-state index in [1.54, 1.807) is 0 Å². The fourth-order valence-electron chi connectivity index (χ4n) is 11.7. The fraction of sp³-hybridized carbons (Fsp3) is 0.948. The van der Waals surface area contributed by atoms with Crippen molar-refractivity contribution in [1.29, 1.82) is 0 Å². The first-order valence-electron chi connectivity index (χ1n) is 39.9. The van der Waals surface area contributed by atoms with E-state index in [9.17, 15) is 43.2 Å². The SMILES string of the molecule is CCCCCCCCCCCCCCCCCCCCCCCCC(=O)O[C@H](COC(=O)CCCCCCCCCCCCCC(C)C)COP(=O)(O)OC[C@@H](O)COP(=O)(O)OC[C@@H](COC(=O)CCCCCCCCC(C)CC)OC(=O)CCCCCCCCCC(C)C. The summed E-state index contributed by atoms with van der Waals surface area (Å²) in [6.45, 7) is 11.8. The zero-order valence-electron chi connectivity index (χ0n) is 62.8. The summed E-state index contributed by atoms with van der Waals surface area (Å²) in [4.78, 5) is 72.8. The number of phosphoric acid groups is 2. The molecule has 0 amide bonds. The van der Waals surface area contributed by atoms with Crippen LogP contribution in [0.1, 0.15) is 395 Å². The molecule has 17 nitrogen and oxygen atoms in total. The van der Waals surface area contributed by atoms with Gasteiger partial charge in [-0.15, -0.1) is 0 Å². The lowest BCUT2D eigenvalue weighted by Crippen LogP contribution is -2.30. The highest BCUT2D eigenvalue weighted by atomic mass is 31.2. The molecule has 0 aliphatic rings. The molecule has 0 heterocycles. The van der Waals surface area contributed by atoms with E-state index >= 15 is 0 Å². The predicted molar refractivity (Wildman–Crippen MR) is 391 cm³/mol. The average Bonchev–Trinajstić information content (AvgIpc) is 2.30. The third-order valence-corrected chi connectivity index (χ3v) is 20.1. The predicted octanol–water partition coefficient (Wildman–Crippen LogP) is 22.6. The van der Waals surface area contributed by atoms with Crippen molar-refractivity contribution in [2.24, 2.45) is 17.8 Å². The highest BCUT2D eigenvalue weighted by Crippen LogP contribution is 2.45. The maximum absolute atomic E-state index is 13.1. The van der Waals surface area contributed by atoms with Gasteiger partial charge in [0.15, 0.2) is 12.2 Å². The molecule has 0 aromatic carbocycles. The van der Waals surface area contributed by atoms with Gasteiger partial charge in [0.25, 0.3) is 0 Å². The second kappa shape index (κ2) is 67.5. The summed E-state index contributed by atoms with van der Waals surface area (Å²) in [7, 11) is -9.91. The maximum Gasteiger partial charge on any atom is 0.472 e. The minimum atomic E-state index is -4.96. The van der Waals surface area contributed by atoms with Crippen molar-refractivity contribution in [3.05, 3.63) is 0 Å². The molecule has 0 saturated carbocycles. The molecule has 3 N–H and O–H groups in total. The molecular weight excluding hydrogens is 1260 g/mol. The summed E-state index contributed by atoms with van der Waals surface area (Å²) >= 11 is 0. The largest absolute Gasteiger partial charge is 0.472 e. The summed E-state index contributed by atoms with van der Waals surface area (Å²) in [5, 5.41) is 10.6. The van der Waals surface area contributed by atoms with Crippen molar-refractivity contribution in [3.8, 4) is 0 Å². The number of aliphatic hydroxyl groups is 1. The van der Waals surface area contributed by atoms with Crippen LogP contribution in [-0.2, 0) is 65.4 Å². The van der Waals surface area contributed by atoms with Crippen LogP contribution < -0.4 is 0 Å². The second-order valence-electron chi connectivity index (χ2n) is 28.9. The third kappa shape index (κ3) is 69.2. The Bertz CT molecular complexity index is 1870. The first-order valence-corrected chi connectivity index (χ1v) is 42.9. The molecule has 19 heteroatoms. The molecule has 0 aliphatic heterocycles. The van der Waals surface area contributed by atoms with Crippen LogP contribution in [0.25, 0.3) is 0 Å². The first-order chi connectivity index (χ1) is 46.3. The average molecular weight is 1410 g/mol. The molecule has 0 radical (unpaired) electrons. The van der Waals surface area contributed by atoms with Gasteiger partial charge in [-0.2, -0.15) is 0 Å². The Morgan fingerprint density at radius 3 is 0.792 bits per heavy atom. The van der Waals surface area contributed by atoms with Gasteiger partial charge >= 0.3 is 39.5 Å². The number of hydrogen-bond donors (Lipinski definition) is 3. The van der Waals surface area contributed by atoms with Crippen LogP contribution in [0.3, 0.4) is 0 Å². The Hall–Kier alpha value is -1.94. The zero-order valence-corrected chi connectivity index (χ0v) is 64.6. The molecule has 3 unspecified atom stereocenters. The van der Waals surface area contributed by atoms with E-state index in [1.165, 1.54) is 199 Å². The zero-order chi connectivity index (χ0) is 70.9. The van der Waals surface area contributed by atoms with Crippen LogP contribution >= 0.6 is 15.6 Å². The summed E-state index contributed by atoms with van der Waals surface area (Å²) in [6, 6.07) is 0. The van der Waals surface area contributed by atoms with Gasteiger partial charge in [-0.1, -0.05) is 344 Å². The Labute approximate surface area is 588 Å². The number of aliphatic hydroxyl groups excluding tert-OH is 1. The molecule has 0 aliphatic carbocycles. The number of carbonyl (C=O) groups is 4. The quantitative estimate of drug-likeness (QED) is 0.0222. The number of ether oxygens (including phenoxy) is 4. The van der Waals surface area contributed by atoms with Crippen LogP contribution in [-0.4, -0.2) is 96.7 Å². The van der Waals surface area contributed by atoms with Crippen molar-refractivity contribution in [1.82, 2.24) is 0 Å². The molecule has 0 saturated heterocycles. The molecule has 0 spiro atoms. The molecule has 0 rings (SSSR count). The number of hydrogen-bond acceptors (Lipinski definition) is 15. The Balaban J connectivity index is 5.18. The van der Waals surface area contributed by atoms with Gasteiger partial charge in [0, 0.05) is 25.7 Å². The van der Waals surface area contributed by atoms with E-state index in [0.717, 1.165) is 108 Å². The van der Waals surface area contributed by atoms with Gasteiger partial charge in [0.05, 0.1) is 26.4 Å². The normalized spacial score (nSPS) is 14.3. The molecule has 570 valence electrons. The maximum atomic E-state index is 13.1. The van der Waals surface area contributed by atoms with Gasteiger partial charge in [-0.3, -0.25) is 37.3 Å².